The van der Waals surface area contributed by atoms with Crippen LogP contribution in [0.4, 0.5) is 4.39 Å². The van der Waals surface area contributed by atoms with Crippen molar-refractivity contribution in [1.29, 1.82) is 0 Å². The highest BCUT2D eigenvalue weighted by molar-refractivity contribution is 7.91. The summed E-state index contributed by atoms with van der Waals surface area (Å²) in [7, 11) is -1.85. The van der Waals surface area contributed by atoms with Crippen LogP contribution in [0.2, 0.25) is 0 Å². The molecule has 0 amide bonds. The molecule has 0 N–H and O–H groups in total. The third-order valence-electron chi connectivity index (χ3n) is 5.28. The van der Waals surface area contributed by atoms with Crippen LogP contribution in [0, 0.1) is 26.6 Å². The van der Waals surface area contributed by atoms with Gasteiger partial charge in [0.15, 0.2) is 21.4 Å². The van der Waals surface area contributed by atoms with Crippen LogP contribution in [-0.4, -0.2) is 28.2 Å². The molecule has 0 saturated heterocycles. The van der Waals surface area contributed by atoms with Crippen LogP contribution in [0.5, 0.6) is 11.8 Å². The number of halogens is 1. The highest BCUT2D eigenvalue weighted by Gasteiger charge is 2.23. The fraction of sp³-hybridized carbons (Fsp3) is 0.348. The molecule has 9 heteroatoms. The molecule has 0 bridgehead atoms. The Morgan fingerprint density at radius 2 is 1.81 bits per heavy atom. The van der Waals surface area contributed by atoms with E-state index < -0.39 is 20.9 Å². The highest BCUT2D eigenvalue weighted by Crippen LogP contribution is 2.31. The van der Waals surface area contributed by atoms with E-state index in [1.54, 1.807) is 66.1 Å². The standard InChI is InChI=1S/C23H26FN3O4S/c1-13(2)32(29,30)12-19-16(5)20(17-10-15(4)22(28)27(6)11-17)26-23(25-19)31-21-14(3)8-7-9-18(21)24/h7-11,13H,12H2,1-6H3. The molecule has 2 heterocycles. The zero-order valence-electron chi connectivity index (χ0n) is 18.9. The maximum Gasteiger partial charge on any atom is 0.322 e. The molecular formula is C23H26FN3O4S. The highest BCUT2D eigenvalue weighted by atomic mass is 32.2. The Morgan fingerprint density at radius 3 is 2.41 bits per heavy atom. The molecule has 3 aromatic rings. The Hall–Kier alpha value is -3.07. The zero-order valence-corrected chi connectivity index (χ0v) is 19.7. The van der Waals surface area contributed by atoms with Crippen LogP contribution in [-0.2, 0) is 22.6 Å². The SMILES string of the molecule is Cc1cccc(F)c1Oc1nc(CS(=O)(=O)C(C)C)c(C)c(-c2cc(C)c(=O)n(C)c2)n1. The molecule has 0 fully saturated rings. The molecule has 0 aliphatic carbocycles. The van der Waals surface area contributed by atoms with Crippen LogP contribution >= 0.6 is 0 Å². The number of ether oxygens (including phenoxy) is 1. The predicted octanol–water partition coefficient (Wildman–Crippen LogP) is 4.02. The summed E-state index contributed by atoms with van der Waals surface area (Å²) in [5.41, 5.74) is 2.72. The number of para-hydroxylation sites is 1. The first-order valence-corrected chi connectivity index (χ1v) is 11.8. The molecular weight excluding hydrogens is 433 g/mol. The Labute approximate surface area is 186 Å². The largest absolute Gasteiger partial charge is 0.421 e. The number of nitrogens with zero attached hydrogens (tertiary/aromatic N) is 3. The van der Waals surface area contributed by atoms with E-state index in [0.717, 1.165) is 0 Å². The Kier molecular flexibility index (Phi) is 6.50. The molecule has 170 valence electrons. The summed E-state index contributed by atoms with van der Waals surface area (Å²) in [6.45, 7) is 8.30. The second kappa shape index (κ2) is 8.82. The van der Waals surface area contributed by atoms with Crippen molar-refractivity contribution in [3.63, 3.8) is 0 Å². The van der Waals surface area contributed by atoms with E-state index in [2.05, 4.69) is 9.97 Å². The van der Waals surface area contributed by atoms with Gasteiger partial charge in [-0.1, -0.05) is 12.1 Å². The summed E-state index contributed by atoms with van der Waals surface area (Å²) in [4.78, 5) is 20.9. The Bertz CT molecular complexity index is 1300. The smallest absolute Gasteiger partial charge is 0.322 e. The quantitative estimate of drug-likeness (QED) is 0.553. The van der Waals surface area contributed by atoms with Gasteiger partial charge in [-0.15, -0.1) is 0 Å². The molecule has 7 nitrogen and oxygen atoms in total. The molecule has 0 atom stereocenters. The maximum absolute atomic E-state index is 14.4. The molecule has 3 rings (SSSR count). The van der Waals surface area contributed by atoms with Crippen LogP contribution in [0.15, 0.2) is 35.3 Å². The van der Waals surface area contributed by atoms with E-state index in [0.29, 0.717) is 27.9 Å². The first kappa shape index (κ1) is 23.6. The fourth-order valence-corrected chi connectivity index (χ4v) is 4.20. The van der Waals surface area contributed by atoms with E-state index in [1.165, 1.54) is 10.6 Å². The van der Waals surface area contributed by atoms with Crippen molar-refractivity contribution in [1.82, 2.24) is 14.5 Å². The molecule has 0 aliphatic heterocycles. The first-order valence-electron chi connectivity index (χ1n) is 10.1. The van der Waals surface area contributed by atoms with Crippen LogP contribution in [0.25, 0.3) is 11.3 Å². The summed E-state index contributed by atoms with van der Waals surface area (Å²) in [6.07, 6.45) is 1.61. The molecule has 0 saturated carbocycles. The summed E-state index contributed by atoms with van der Waals surface area (Å²) in [6, 6.07) is 6.02. The van der Waals surface area contributed by atoms with Gasteiger partial charge in [0.25, 0.3) is 5.56 Å². The number of pyridine rings is 1. The lowest BCUT2D eigenvalue weighted by molar-refractivity contribution is 0.406. The third kappa shape index (κ3) is 4.72. The van der Waals surface area contributed by atoms with E-state index >= 15 is 0 Å². The monoisotopic (exact) mass is 459 g/mol. The molecule has 0 unspecified atom stereocenters. The minimum Gasteiger partial charge on any atom is -0.421 e. The van der Waals surface area contributed by atoms with Gasteiger partial charge in [-0.25, -0.2) is 12.8 Å². The minimum atomic E-state index is -3.48. The summed E-state index contributed by atoms with van der Waals surface area (Å²) in [5.74, 6) is -0.926. The number of aromatic nitrogens is 3. The number of rotatable bonds is 6. The Balaban J connectivity index is 2.23. The predicted molar refractivity (Wildman–Crippen MR) is 121 cm³/mol. The number of hydrogen-bond donors (Lipinski definition) is 0. The topological polar surface area (TPSA) is 91.1 Å². The number of aryl methyl sites for hydroxylation is 3. The van der Waals surface area contributed by atoms with Crippen LogP contribution in [0.1, 0.15) is 36.2 Å². The van der Waals surface area contributed by atoms with Gasteiger partial charge in [-0.05, 0) is 57.9 Å². The van der Waals surface area contributed by atoms with Crippen molar-refractivity contribution >= 4 is 9.84 Å². The number of benzene rings is 1. The van der Waals surface area contributed by atoms with E-state index in [-0.39, 0.29) is 28.8 Å². The maximum atomic E-state index is 14.4. The zero-order chi connectivity index (χ0) is 23.8. The second-order valence-electron chi connectivity index (χ2n) is 8.10. The normalized spacial score (nSPS) is 11.8. The van der Waals surface area contributed by atoms with Crippen molar-refractivity contribution in [3.8, 4) is 23.0 Å². The lowest BCUT2D eigenvalue weighted by atomic mass is 10.1. The first-order chi connectivity index (χ1) is 14.9. The average molecular weight is 460 g/mol. The molecule has 0 aliphatic rings. The van der Waals surface area contributed by atoms with Crippen molar-refractivity contribution in [2.45, 2.75) is 45.6 Å². The van der Waals surface area contributed by atoms with Gasteiger partial charge in [-0.3, -0.25) is 4.79 Å². The van der Waals surface area contributed by atoms with Crippen LogP contribution < -0.4 is 10.3 Å². The third-order valence-corrected chi connectivity index (χ3v) is 7.39. The summed E-state index contributed by atoms with van der Waals surface area (Å²) < 4.78 is 46.7. The summed E-state index contributed by atoms with van der Waals surface area (Å²) in [5, 5.41) is -0.599. The number of hydrogen-bond acceptors (Lipinski definition) is 6. The van der Waals surface area contributed by atoms with E-state index in [1.807, 2.05) is 0 Å². The molecule has 2 aromatic heterocycles. The van der Waals surface area contributed by atoms with Gasteiger partial charge >= 0.3 is 6.01 Å². The fourth-order valence-electron chi connectivity index (χ4n) is 3.21. The van der Waals surface area contributed by atoms with E-state index in [4.69, 9.17) is 4.74 Å². The van der Waals surface area contributed by atoms with Gasteiger partial charge in [0, 0.05) is 24.4 Å². The lowest BCUT2D eigenvalue weighted by Crippen LogP contribution is -2.19. The summed E-state index contributed by atoms with van der Waals surface area (Å²) >= 11 is 0. The van der Waals surface area contributed by atoms with Crippen molar-refractivity contribution < 1.29 is 17.5 Å². The van der Waals surface area contributed by atoms with E-state index in [9.17, 15) is 17.6 Å². The second-order valence-corrected chi connectivity index (χ2v) is 10.7. The molecule has 1 aromatic carbocycles. The van der Waals surface area contributed by atoms with Gasteiger partial charge in [0.1, 0.15) is 0 Å². The average Bonchev–Trinajstić information content (AvgIpc) is 2.70. The van der Waals surface area contributed by atoms with Crippen LogP contribution in [0.3, 0.4) is 0 Å². The van der Waals surface area contributed by atoms with Crippen molar-refractivity contribution in [3.05, 3.63) is 69.0 Å². The van der Waals surface area contributed by atoms with Gasteiger partial charge in [-0.2, -0.15) is 9.97 Å². The van der Waals surface area contributed by atoms with Crippen molar-refractivity contribution in [2.75, 3.05) is 0 Å². The Morgan fingerprint density at radius 1 is 1.12 bits per heavy atom. The lowest BCUT2D eigenvalue weighted by Gasteiger charge is -2.16. The molecule has 0 radical (unpaired) electrons. The van der Waals surface area contributed by atoms with Gasteiger partial charge < -0.3 is 9.30 Å². The van der Waals surface area contributed by atoms with Gasteiger partial charge in [0.2, 0.25) is 0 Å². The number of sulfone groups is 1. The van der Waals surface area contributed by atoms with Crippen molar-refractivity contribution in [2.24, 2.45) is 7.05 Å². The minimum absolute atomic E-state index is 0.0309. The molecule has 32 heavy (non-hydrogen) atoms. The molecule has 0 spiro atoms. The van der Waals surface area contributed by atoms with Gasteiger partial charge in [0.05, 0.1) is 22.4 Å².